The topological polar surface area (TPSA) is 78.4 Å². The summed E-state index contributed by atoms with van der Waals surface area (Å²) in [5, 5.41) is 11.0. The highest BCUT2D eigenvalue weighted by atomic mass is 16.6. The number of hydrogen-bond donors (Lipinski definition) is 1. The quantitative estimate of drug-likeness (QED) is 0.521. The second-order valence-corrected chi connectivity index (χ2v) is 5.53. The maximum atomic E-state index is 11.0. The van der Waals surface area contributed by atoms with E-state index in [0.717, 1.165) is 24.8 Å². The number of nitro groups is 1. The van der Waals surface area contributed by atoms with Crippen LogP contribution >= 0.6 is 0 Å². The van der Waals surface area contributed by atoms with E-state index < -0.39 is 4.92 Å². The van der Waals surface area contributed by atoms with Gasteiger partial charge in [-0.15, -0.1) is 0 Å². The Labute approximate surface area is 119 Å². The average Bonchev–Trinajstić information content (AvgIpc) is 2.64. The summed E-state index contributed by atoms with van der Waals surface area (Å²) in [5.74, 6) is 0.731. The molecule has 0 spiro atoms. The van der Waals surface area contributed by atoms with E-state index in [1.54, 1.807) is 12.1 Å². The van der Waals surface area contributed by atoms with Crippen LogP contribution in [0.1, 0.15) is 37.7 Å². The Morgan fingerprint density at radius 3 is 2.80 bits per heavy atom. The van der Waals surface area contributed by atoms with Gasteiger partial charge < -0.3 is 10.5 Å². The molecule has 1 aliphatic carbocycles. The summed E-state index contributed by atoms with van der Waals surface area (Å²) in [7, 11) is 1.45. The highest BCUT2D eigenvalue weighted by Gasteiger charge is 2.22. The van der Waals surface area contributed by atoms with Gasteiger partial charge in [0.05, 0.1) is 12.0 Å². The number of benzene rings is 1. The fraction of sp³-hybridized carbons (Fsp3) is 0.600. The van der Waals surface area contributed by atoms with Crippen LogP contribution in [0, 0.1) is 16.0 Å². The van der Waals surface area contributed by atoms with Crippen LogP contribution in [0.3, 0.4) is 0 Å². The molecule has 0 aromatic heterocycles. The van der Waals surface area contributed by atoms with E-state index in [9.17, 15) is 10.1 Å². The SMILES string of the molecule is COc1ccc(CC2CCCCCC2N)cc1[N+](=O)[O-]. The fourth-order valence-electron chi connectivity index (χ4n) is 2.97. The Kier molecular flexibility index (Phi) is 4.95. The molecule has 2 N–H and O–H groups in total. The number of nitro benzene ring substituents is 1. The summed E-state index contributed by atoms with van der Waals surface area (Å²) in [6.07, 6.45) is 6.62. The minimum atomic E-state index is -0.393. The second kappa shape index (κ2) is 6.70. The van der Waals surface area contributed by atoms with Crippen molar-refractivity contribution in [1.82, 2.24) is 0 Å². The van der Waals surface area contributed by atoms with E-state index in [1.165, 1.54) is 26.4 Å². The lowest BCUT2D eigenvalue weighted by Crippen LogP contribution is -2.30. The molecule has 1 aliphatic rings. The van der Waals surface area contributed by atoms with Crippen molar-refractivity contribution in [1.29, 1.82) is 0 Å². The van der Waals surface area contributed by atoms with Gasteiger partial charge in [-0.3, -0.25) is 10.1 Å². The average molecular weight is 278 g/mol. The maximum Gasteiger partial charge on any atom is 0.311 e. The Balaban J connectivity index is 2.16. The van der Waals surface area contributed by atoms with Crippen LogP contribution < -0.4 is 10.5 Å². The van der Waals surface area contributed by atoms with E-state index >= 15 is 0 Å². The molecule has 5 heteroatoms. The molecule has 0 amide bonds. The summed E-state index contributed by atoms with van der Waals surface area (Å²) in [5.41, 5.74) is 7.23. The smallest absolute Gasteiger partial charge is 0.311 e. The molecule has 20 heavy (non-hydrogen) atoms. The number of nitrogens with zero attached hydrogens (tertiary/aromatic N) is 1. The number of ether oxygens (including phenoxy) is 1. The zero-order valence-corrected chi connectivity index (χ0v) is 11.9. The van der Waals surface area contributed by atoms with Crippen LogP contribution in [-0.4, -0.2) is 18.1 Å². The minimum Gasteiger partial charge on any atom is -0.490 e. The molecule has 0 saturated heterocycles. The fourth-order valence-corrected chi connectivity index (χ4v) is 2.97. The first-order valence-corrected chi connectivity index (χ1v) is 7.18. The van der Waals surface area contributed by atoms with E-state index in [0.29, 0.717) is 11.7 Å². The third-order valence-corrected chi connectivity index (χ3v) is 4.16. The molecule has 0 bridgehead atoms. The van der Waals surface area contributed by atoms with Gasteiger partial charge in [0.25, 0.3) is 0 Å². The van der Waals surface area contributed by atoms with Crippen molar-refractivity contribution in [3.63, 3.8) is 0 Å². The van der Waals surface area contributed by atoms with E-state index in [1.807, 2.05) is 6.07 Å². The van der Waals surface area contributed by atoms with Gasteiger partial charge in [0, 0.05) is 12.1 Å². The largest absolute Gasteiger partial charge is 0.490 e. The third-order valence-electron chi connectivity index (χ3n) is 4.16. The van der Waals surface area contributed by atoms with E-state index in [2.05, 4.69) is 0 Å². The van der Waals surface area contributed by atoms with Crippen LogP contribution in [0.2, 0.25) is 0 Å². The molecule has 2 rings (SSSR count). The molecule has 110 valence electrons. The van der Waals surface area contributed by atoms with Crippen LogP contribution in [0.5, 0.6) is 5.75 Å². The van der Waals surface area contributed by atoms with Crippen LogP contribution in [0.25, 0.3) is 0 Å². The van der Waals surface area contributed by atoms with Crippen molar-refractivity contribution in [2.24, 2.45) is 11.7 Å². The highest BCUT2D eigenvalue weighted by molar-refractivity contribution is 5.48. The molecule has 0 heterocycles. The summed E-state index contributed by atoms with van der Waals surface area (Å²) in [4.78, 5) is 10.7. The number of nitrogens with two attached hydrogens (primary N) is 1. The molecule has 1 aromatic carbocycles. The third kappa shape index (κ3) is 3.48. The summed E-state index contributed by atoms with van der Waals surface area (Å²) in [6.45, 7) is 0. The monoisotopic (exact) mass is 278 g/mol. The first kappa shape index (κ1) is 14.8. The lowest BCUT2D eigenvalue weighted by molar-refractivity contribution is -0.385. The lowest BCUT2D eigenvalue weighted by Gasteiger charge is -2.21. The van der Waals surface area contributed by atoms with Crippen molar-refractivity contribution >= 4 is 5.69 Å². The zero-order chi connectivity index (χ0) is 14.5. The molecule has 1 aromatic rings. The first-order valence-electron chi connectivity index (χ1n) is 7.18. The number of hydrogen-bond acceptors (Lipinski definition) is 4. The van der Waals surface area contributed by atoms with E-state index in [-0.39, 0.29) is 11.7 Å². The molecule has 0 aliphatic heterocycles. The molecular formula is C15H22N2O3. The van der Waals surface area contributed by atoms with Gasteiger partial charge in [-0.25, -0.2) is 0 Å². The number of methoxy groups -OCH3 is 1. The summed E-state index contributed by atoms with van der Waals surface area (Å²) in [6, 6.07) is 5.41. The molecule has 2 atom stereocenters. The normalized spacial score (nSPS) is 23.1. The molecule has 1 saturated carbocycles. The first-order chi connectivity index (χ1) is 9.61. The lowest BCUT2D eigenvalue weighted by atomic mass is 9.89. The van der Waals surface area contributed by atoms with Gasteiger partial charge in [-0.2, -0.15) is 0 Å². The Morgan fingerprint density at radius 2 is 2.10 bits per heavy atom. The van der Waals surface area contributed by atoms with Gasteiger partial charge in [-0.1, -0.05) is 25.3 Å². The zero-order valence-electron chi connectivity index (χ0n) is 11.9. The molecule has 5 nitrogen and oxygen atoms in total. The van der Waals surface area contributed by atoms with Gasteiger partial charge in [0.15, 0.2) is 5.75 Å². The molecular weight excluding hydrogens is 256 g/mol. The molecule has 1 fully saturated rings. The van der Waals surface area contributed by atoms with Gasteiger partial charge in [-0.05, 0) is 36.8 Å². The van der Waals surface area contributed by atoms with Crippen LogP contribution in [0.15, 0.2) is 18.2 Å². The van der Waals surface area contributed by atoms with Crippen LogP contribution in [0.4, 0.5) is 5.69 Å². The maximum absolute atomic E-state index is 11.0. The minimum absolute atomic E-state index is 0.0344. The van der Waals surface area contributed by atoms with Crippen molar-refractivity contribution < 1.29 is 9.66 Å². The number of rotatable bonds is 4. The van der Waals surface area contributed by atoms with Gasteiger partial charge >= 0.3 is 5.69 Å². The predicted octanol–water partition coefficient (Wildman–Crippen LogP) is 3.05. The van der Waals surface area contributed by atoms with Crippen LogP contribution in [-0.2, 0) is 6.42 Å². The van der Waals surface area contributed by atoms with Crippen molar-refractivity contribution in [2.75, 3.05) is 7.11 Å². The second-order valence-electron chi connectivity index (χ2n) is 5.53. The molecule has 0 radical (unpaired) electrons. The van der Waals surface area contributed by atoms with Crippen molar-refractivity contribution in [3.8, 4) is 5.75 Å². The van der Waals surface area contributed by atoms with E-state index in [4.69, 9.17) is 10.5 Å². The Hall–Kier alpha value is -1.62. The van der Waals surface area contributed by atoms with Crippen molar-refractivity contribution in [2.45, 2.75) is 44.6 Å². The van der Waals surface area contributed by atoms with Gasteiger partial charge in [0.1, 0.15) is 0 Å². The Morgan fingerprint density at radius 1 is 1.35 bits per heavy atom. The highest BCUT2D eigenvalue weighted by Crippen LogP contribution is 2.31. The van der Waals surface area contributed by atoms with Gasteiger partial charge in [0.2, 0.25) is 0 Å². The Bertz CT molecular complexity index is 476. The van der Waals surface area contributed by atoms with Crippen molar-refractivity contribution in [3.05, 3.63) is 33.9 Å². The predicted molar refractivity (Wildman–Crippen MR) is 77.9 cm³/mol. The summed E-state index contributed by atoms with van der Waals surface area (Å²) < 4.78 is 5.03. The standard InChI is InChI=1S/C15H22N2O3/c1-20-15-8-7-11(10-14(15)17(18)19)9-12-5-3-2-4-6-13(12)16/h7-8,10,12-13H,2-6,9,16H2,1H3. The molecule has 2 unspecified atom stereocenters. The summed E-state index contributed by atoms with van der Waals surface area (Å²) >= 11 is 0.